The molecule has 2 aromatic rings. The molecule has 0 aromatic carbocycles. The zero-order valence-corrected chi connectivity index (χ0v) is 9.01. The Morgan fingerprint density at radius 2 is 2.19 bits per heavy atom. The molecular weight excluding hydrogens is 206 g/mol. The van der Waals surface area contributed by atoms with Gasteiger partial charge in [0.15, 0.2) is 0 Å². The molecule has 0 saturated heterocycles. The topological polar surface area (TPSA) is 74.1 Å². The molecule has 0 aliphatic carbocycles. The fourth-order valence-electron chi connectivity index (χ4n) is 1.41. The molecule has 2 N–H and O–H groups in total. The Hall–Kier alpha value is -1.88. The molecule has 0 amide bonds. The molecule has 0 aliphatic rings. The summed E-state index contributed by atoms with van der Waals surface area (Å²) >= 11 is 0. The summed E-state index contributed by atoms with van der Waals surface area (Å²) in [4.78, 5) is 11.6. The molecule has 2 heterocycles. The number of rotatable bonds is 3. The summed E-state index contributed by atoms with van der Waals surface area (Å²) < 4.78 is 6.75. The van der Waals surface area contributed by atoms with Gasteiger partial charge in [-0.15, -0.1) is 0 Å². The first-order valence-corrected chi connectivity index (χ1v) is 5.00. The minimum absolute atomic E-state index is 0.134. The number of aryl methyl sites for hydroxylation is 1. The highest BCUT2D eigenvalue weighted by molar-refractivity contribution is 5.08. The van der Waals surface area contributed by atoms with E-state index in [1.54, 1.807) is 24.4 Å². The van der Waals surface area contributed by atoms with E-state index in [2.05, 4.69) is 5.10 Å². The number of nitrogens with zero attached hydrogens (tertiary/aromatic N) is 2. The van der Waals surface area contributed by atoms with Crippen LogP contribution in [0.3, 0.4) is 0 Å². The average Bonchev–Trinajstić information content (AvgIpc) is 2.70. The molecule has 0 saturated carbocycles. The Morgan fingerprint density at radius 3 is 2.81 bits per heavy atom. The lowest BCUT2D eigenvalue weighted by Crippen LogP contribution is -2.22. The van der Waals surface area contributed by atoms with Gasteiger partial charge < -0.3 is 10.2 Å². The highest BCUT2D eigenvalue weighted by atomic mass is 16.3. The number of aromatic nitrogens is 2. The fourth-order valence-corrected chi connectivity index (χ4v) is 1.41. The lowest BCUT2D eigenvalue weighted by Gasteiger charge is -2.01. The van der Waals surface area contributed by atoms with Gasteiger partial charge >= 0.3 is 0 Å². The van der Waals surface area contributed by atoms with Crippen LogP contribution in [0.25, 0.3) is 0 Å². The second kappa shape index (κ2) is 4.32. The van der Waals surface area contributed by atoms with Gasteiger partial charge in [-0.3, -0.25) is 4.79 Å². The first kappa shape index (κ1) is 10.6. The van der Waals surface area contributed by atoms with Gasteiger partial charge in [0.2, 0.25) is 0 Å². The van der Waals surface area contributed by atoms with Crippen molar-refractivity contribution in [3.8, 4) is 0 Å². The first-order valence-electron chi connectivity index (χ1n) is 5.00. The monoisotopic (exact) mass is 219 g/mol. The van der Waals surface area contributed by atoms with E-state index in [9.17, 15) is 4.79 Å². The van der Waals surface area contributed by atoms with Gasteiger partial charge in [0, 0.05) is 6.07 Å². The van der Waals surface area contributed by atoms with E-state index < -0.39 is 0 Å². The minimum atomic E-state index is -0.134. The Balaban J connectivity index is 2.23. The summed E-state index contributed by atoms with van der Waals surface area (Å²) in [6.45, 7) is 2.52. The molecule has 16 heavy (non-hydrogen) atoms. The van der Waals surface area contributed by atoms with Crippen molar-refractivity contribution in [2.45, 2.75) is 20.0 Å². The van der Waals surface area contributed by atoms with Crippen LogP contribution >= 0.6 is 0 Å². The predicted molar refractivity (Wildman–Crippen MR) is 58.9 cm³/mol. The van der Waals surface area contributed by atoms with Crippen LogP contribution in [0.5, 0.6) is 0 Å². The summed E-state index contributed by atoms with van der Waals surface area (Å²) in [5.41, 5.74) is 6.15. The molecule has 0 fully saturated rings. The Kier molecular flexibility index (Phi) is 2.87. The maximum absolute atomic E-state index is 11.6. The summed E-state index contributed by atoms with van der Waals surface area (Å²) in [6, 6.07) is 5.14. The van der Waals surface area contributed by atoms with Gasteiger partial charge in [0.1, 0.15) is 18.1 Å². The molecule has 2 rings (SSSR count). The molecule has 0 aliphatic heterocycles. The molecule has 5 heteroatoms. The van der Waals surface area contributed by atoms with Crippen molar-refractivity contribution >= 4 is 0 Å². The van der Waals surface area contributed by atoms with Crippen LogP contribution in [0.2, 0.25) is 0 Å². The average molecular weight is 219 g/mol. The van der Waals surface area contributed by atoms with E-state index in [0.717, 1.165) is 5.56 Å². The molecule has 5 nitrogen and oxygen atoms in total. The highest BCUT2D eigenvalue weighted by Gasteiger charge is 2.03. The van der Waals surface area contributed by atoms with Crippen LogP contribution in [0.4, 0.5) is 0 Å². The largest absolute Gasteiger partial charge is 0.463 e. The third-order valence-corrected chi connectivity index (χ3v) is 2.23. The molecule has 0 radical (unpaired) electrons. The maximum Gasteiger partial charge on any atom is 0.267 e. The highest BCUT2D eigenvalue weighted by Crippen LogP contribution is 2.07. The van der Waals surface area contributed by atoms with E-state index in [4.69, 9.17) is 10.2 Å². The maximum atomic E-state index is 11.6. The van der Waals surface area contributed by atoms with Crippen LogP contribution in [0.15, 0.2) is 33.6 Å². The number of hydrogen-bond donors (Lipinski definition) is 1. The predicted octanol–water partition coefficient (Wildman–Crippen LogP) is 0.652. The van der Waals surface area contributed by atoms with Crippen molar-refractivity contribution in [3.05, 3.63) is 51.8 Å². The van der Waals surface area contributed by atoms with Gasteiger partial charge in [-0.25, -0.2) is 4.68 Å². The molecule has 0 unspecified atom stereocenters. The normalized spacial score (nSPS) is 10.6. The van der Waals surface area contributed by atoms with Crippen molar-refractivity contribution in [1.29, 1.82) is 0 Å². The van der Waals surface area contributed by atoms with Crippen LogP contribution < -0.4 is 11.3 Å². The van der Waals surface area contributed by atoms with Crippen molar-refractivity contribution in [2.75, 3.05) is 0 Å². The third kappa shape index (κ3) is 2.20. The zero-order valence-electron chi connectivity index (χ0n) is 9.01. The van der Waals surface area contributed by atoms with Gasteiger partial charge in [0.25, 0.3) is 5.56 Å². The van der Waals surface area contributed by atoms with Crippen LogP contribution in [0.1, 0.15) is 17.1 Å². The summed E-state index contributed by atoms with van der Waals surface area (Å²) in [7, 11) is 0. The van der Waals surface area contributed by atoms with Crippen LogP contribution in [-0.4, -0.2) is 9.78 Å². The molecule has 0 bridgehead atoms. The molecule has 0 atom stereocenters. The minimum Gasteiger partial charge on any atom is -0.463 e. The third-order valence-electron chi connectivity index (χ3n) is 2.23. The molecule has 2 aromatic heterocycles. The molecular formula is C11H13N3O2. The second-order valence-electron chi connectivity index (χ2n) is 3.60. The lowest BCUT2D eigenvalue weighted by molar-refractivity contribution is 0.440. The van der Waals surface area contributed by atoms with E-state index >= 15 is 0 Å². The van der Waals surface area contributed by atoms with E-state index in [1.165, 1.54) is 4.68 Å². The smallest absolute Gasteiger partial charge is 0.267 e. The van der Waals surface area contributed by atoms with E-state index in [1.807, 2.05) is 6.92 Å². The van der Waals surface area contributed by atoms with Crippen molar-refractivity contribution in [1.82, 2.24) is 9.78 Å². The molecule has 84 valence electrons. The Bertz CT molecular complexity index is 542. The van der Waals surface area contributed by atoms with Crippen molar-refractivity contribution in [2.24, 2.45) is 5.73 Å². The number of hydrogen-bond acceptors (Lipinski definition) is 4. The quantitative estimate of drug-likeness (QED) is 0.822. The zero-order chi connectivity index (χ0) is 11.5. The number of furan rings is 1. The van der Waals surface area contributed by atoms with Crippen molar-refractivity contribution in [3.63, 3.8) is 0 Å². The summed E-state index contributed by atoms with van der Waals surface area (Å²) in [5.74, 6) is 1.38. The fraction of sp³-hybridized carbons (Fsp3) is 0.273. The van der Waals surface area contributed by atoms with E-state index in [-0.39, 0.29) is 5.56 Å². The van der Waals surface area contributed by atoms with Gasteiger partial charge in [0.05, 0.1) is 12.7 Å². The van der Waals surface area contributed by atoms with Crippen molar-refractivity contribution < 1.29 is 4.42 Å². The summed E-state index contributed by atoms with van der Waals surface area (Å²) in [5, 5.41) is 4.02. The summed E-state index contributed by atoms with van der Waals surface area (Å²) in [6.07, 6.45) is 1.65. The number of nitrogens with two attached hydrogens (primary N) is 1. The van der Waals surface area contributed by atoms with Gasteiger partial charge in [-0.2, -0.15) is 5.10 Å². The van der Waals surface area contributed by atoms with Gasteiger partial charge in [-0.1, -0.05) is 0 Å². The lowest BCUT2D eigenvalue weighted by atomic mass is 10.3. The second-order valence-corrected chi connectivity index (χ2v) is 3.60. The standard InChI is InChI=1S/C11H13N3O2/c1-8-4-11(15)14(13-6-8)7-10-3-2-9(5-12)16-10/h2-4,6H,5,7,12H2,1H3. The Labute approximate surface area is 92.5 Å². The van der Waals surface area contributed by atoms with Crippen LogP contribution in [-0.2, 0) is 13.1 Å². The van der Waals surface area contributed by atoms with E-state index in [0.29, 0.717) is 24.6 Å². The SMILES string of the molecule is Cc1cnn(Cc2ccc(CN)o2)c(=O)c1. The Morgan fingerprint density at radius 1 is 1.44 bits per heavy atom. The van der Waals surface area contributed by atoms with Crippen LogP contribution in [0, 0.1) is 6.92 Å². The van der Waals surface area contributed by atoms with Gasteiger partial charge in [-0.05, 0) is 24.6 Å². The molecule has 0 spiro atoms. The first-order chi connectivity index (χ1) is 7.69.